The standard InChI is InChI=1S/C17H33N3O3/c1-5-7-10-20(17(22)23-6-2)19-11-8-15(9-12-19)16(21)18-13-14(3)4/h14-15H,5-13H2,1-4H3,(H,18,21). The molecule has 0 unspecified atom stereocenters. The summed E-state index contributed by atoms with van der Waals surface area (Å²) >= 11 is 0. The number of rotatable bonds is 8. The zero-order chi connectivity index (χ0) is 17.2. The molecular formula is C17H33N3O3. The van der Waals surface area contributed by atoms with E-state index in [-0.39, 0.29) is 17.9 Å². The molecule has 1 aliphatic heterocycles. The van der Waals surface area contributed by atoms with Crippen LogP contribution in [0, 0.1) is 11.8 Å². The predicted molar refractivity (Wildman–Crippen MR) is 90.8 cm³/mol. The zero-order valence-electron chi connectivity index (χ0n) is 15.1. The maximum Gasteiger partial charge on any atom is 0.424 e. The number of carbonyl (C=O) groups excluding carboxylic acids is 2. The quantitative estimate of drug-likeness (QED) is 0.744. The number of unbranched alkanes of at least 4 members (excludes halogenated alkanes) is 1. The fraction of sp³-hybridized carbons (Fsp3) is 0.882. The van der Waals surface area contributed by atoms with Crippen molar-refractivity contribution in [3.8, 4) is 0 Å². The Labute approximate surface area is 140 Å². The maximum absolute atomic E-state index is 12.2. The smallest absolute Gasteiger partial charge is 0.424 e. The van der Waals surface area contributed by atoms with Gasteiger partial charge in [0.1, 0.15) is 0 Å². The van der Waals surface area contributed by atoms with Crippen molar-refractivity contribution in [2.75, 3.05) is 32.8 Å². The fourth-order valence-electron chi connectivity index (χ4n) is 2.67. The van der Waals surface area contributed by atoms with E-state index in [0.29, 0.717) is 19.1 Å². The number of hydrazine groups is 1. The second-order valence-electron chi connectivity index (χ2n) is 6.54. The van der Waals surface area contributed by atoms with Gasteiger partial charge in [-0.25, -0.2) is 14.8 Å². The first-order chi connectivity index (χ1) is 11.0. The Morgan fingerprint density at radius 1 is 1.26 bits per heavy atom. The highest BCUT2D eigenvalue weighted by molar-refractivity contribution is 5.78. The topological polar surface area (TPSA) is 61.9 Å². The molecule has 0 spiro atoms. The molecule has 0 bridgehead atoms. The highest BCUT2D eigenvalue weighted by Gasteiger charge is 2.30. The van der Waals surface area contributed by atoms with Crippen LogP contribution in [0.15, 0.2) is 0 Å². The minimum atomic E-state index is -0.274. The van der Waals surface area contributed by atoms with E-state index in [2.05, 4.69) is 26.1 Å². The van der Waals surface area contributed by atoms with Crippen molar-refractivity contribution in [1.29, 1.82) is 0 Å². The molecule has 1 rings (SSSR count). The number of hydrogen-bond acceptors (Lipinski definition) is 4. The van der Waals surface area contributed by atoms with Crippen molar-refractivity contribution in [1.82, 2.24) is 15.3 Å². The summed E-state index contributed by atoms with van der Waals surface area (Å²) in [4.78, 5) is 24.3. The summed E-state index contributed by atoms with van der Waals surface area (Å²) in [5.74, 6) is 0.669. The molecule has 23 heavy (non-hydrogen) atoms. The maximum atomic E-state index is 12.2. The number of piperidine rings is 1. The van der Waals surface area contributed by atoms with Crippen molar-refractivity contribution in [3.63, 3.8) is 0 Å². The van der Waals surface area contributed by atoms with E-state index >= 15 is 0 Å². The normalized spacial score (nSPS) is 16.4. The lowest BCUT2D eigenvalue weighted by Crippen LogP contribution is -2.52. The van der Waals surface area contributed by atoms with E-state index in [1.54, 1.807) is 5.01 Å². The van der Waals surface area contributed by atoms with Gasteiger partial charge in [-0.3, -0.25) is 4.79 Å². The highest BCUT2D eigenvalue weighted by atomic mass is 16.6. The van der Waals surface area contributed by atoms with Gasteiger partial charge in [-0.15, -0.1) is 0 Å². The monoisotopic (exact) mass is 327 g/mol. The largest absolute Gasteiger partial charge is 0.449 e. The van der Waals surface area contributed by atoms with Gasteiger partial charge in [0, 0.05) is 32.1 Å². The van der Waals surface area contributed by atoms with Crippen LogP contribution in [0.5, 0.6) is 0 Å². The molecule has 0 saturated carbocycles. The van der Waals surface area contributed by atoms with Gasteiger partial charge in [0.15, 0.2) is 0 Å². The van der Waals surface area contributed by atoms with Crippen molar-refractivity contribution in [2.45, 2.75) is 53.4 Å². The summed E-state index contributed by atoms with van der Waals surface area (Å²) in [6.07, 6.45) is 3.28. The lowest BCUT2D eigenvalue weighted by atomic mass is 9.96. The van der Waals surface area contributed by atoms with Crippen LogP contribution < -0.4 is 5.32 Å². The molecule has 1 saturated heterocycles. The zero-order valence-corrected chi connectivity index (χ0v) is 15.1. The van der Waals surface area contributed by atoms with E-state index < -0.39 is 0 Å². The summed E-state index contributed by atoms with van der Waals surface area (Å²) in [6, 6.07) is 0. The molecule has 0 aromatic rings. The second-order valence-corrected chi connectivity index (χ2v) is 6.54. The van der Waals surface area contributed by atoms with Gasteiger partial charge >= 0.3 is 6.09 Å². The molecule has 1 N–H and O–H groups in total. The van der Waals surface area contributed by atoms with Crippen molar-refractivity contribution in [3.05, 3.63) is 0 Å². The number of carbonyl (C=O) groups is 2. The Hall–Kier alpha value is -1.30. The Bertz CT molecular complexity index is 366. The number of amides is 2. The van der Waals surface area contributed by atoms with Crippen LogP contribution in [0.3, 0.4) is 0 Å². The summed E-state index contributed by atoms with van der Waals surface area (Å²) in [7, 11) is 0. The highest BCUT2D eigenvalue weighted by Crippen LogP contribution is 2.20. The molecule has 0 aromatic carbocycles. The first-order valence-corrected chi connectivity index (χ1v) is 8.96. The van der Waals surface area contributed by atoms with Crippen LogP contribution in [0.4, 0.5) is 4.79 Å². The van der Waals surface area contributed by atoms with E-state index in [1.165, 1.54) is 0 Å². The van der Waals surface area contributed by atoms with Crippen LogP contribution in [0.1, 0.15) is 53.4 Å². The molecule has 0 atom stereocenters. The number of nitrogens with one attached hydrogen (secondary N) is 1. The summed E-state index contributed by atoms with van der Waals surface area (Å²) in [5, 5.41) is 6.77. The predicted octanol–water partition coefficient (Wildman–Crippen LogP) is 2.64. The average molecular weight is 327 g/mol. The van der Waals surface area contributed by atoms with Gasteiger partial charge in [0.05, 0.1) is 6.61 Å². The van der Waals surface area contributed by atoms with Crippen molar-refractivity contribution in [2.24, 2.45) is 11.8 Å². The average Bonchev–Trinajstić information content (AvgIpc) is 2.53. The third kappa shape index (κ3) is 6.77. The number of hydrogen-bond donors (Lipinski definition) is 1. The molecular weight excluding hydrogens is 294 g/mol. The SMILES string of the molecule is CCCCN(C(=O)OCC)N1CCC(C(=O)NCC(C)C)CC1. The first kappa shape index (κ1) is 19.7. The molecule has 6 nitrogen and oxygen atoms in total. The van der Waals surface area contributed by atoms with Gasteiger partial charge in [-0.2, -0.15) is 0 Å². The summed E-state index contributed by atoms with van der Waals surface area (Å²) in [5.41, 5.74) is 0. The van der Waals surface area contributed by atoms with Crippen molar-refractivity contribution < 1.29 is 14.3 Å². The van der Waals surface area contributed by atoms with Gasteiger partial charge in [0.25, 0.3) is 0 Å². The van der Waals surface area contributed by atoms with Gasteiger partial charge in [-0.05, 0) is 32.1 Å². The fourth-order valence-corrected chi connectivity index (χ4v) is 2.67. The lowest BCUT2D eigenvalue weighted by molar-refractivity contribution is -0.128. The van der Waals surface area contributed by atoms with E-state index in [1.807, 2.05) is 11.9 Å². The Balaban J connectivity index is 2.50. The minimum Gasteiger partial charge on any atom is -0.449 e. The molecule has 0 aliphatic carbocycles. The lowest BCUT2D eigenvalue weighted by Gasteiger charge is -2.38. The third-order valence-electron chi connectivity index (χ3n) is 4.07. The molecule has 2 amide bonds. The van der Waals surface area contributed by atoms with Crippen molar-refractivity contribution >= 4 is 12.0 Å². The minimum absolute atomic E-state index is 0.0558. The van der Waals surface area contributed by atoms with Crippen LogP contribution in [-0.2, 0) is 9.53 Å². The number of ether oxygens (including phenoxy) is 1. The van der Waals surface area contributed by atoms with Crippen LogP contribution in [0.25, 0.3) is 0 Å². The molecule has 1 heterocycles. The molecule has 1 fully saturated rings. The summed E-state index contributed by atoms with van der Waals surface area (Å²) < 4.78 is 5.16. The van der Waals surface area contributed by atoms with Gasteiger partial charge in [-0.1, -0.05) is 27.2 Å². The number of nitrogens with zero attached hydrogens (tertiary/aromatic N) is 2. The van der Waals surface area contributed by atoms with Crippen LogP contribution in [-0.4, -0.2) is 54.8 Å². The molecule has 0 aromatic heterocycles. The Morgan fingerprint density at radius 3 is 2.43 bits per heavy atom. The second kappa shape index (κ2) is 10.5. The van der Waals surface area contributed by atoms with Gasteiger partial charge in [0.2, 0.25) is 5.91 Å². The van der Waals surface area contributed by atoms with Crippen LogP contribution >= 0.6 is 0 Å². The first-order valence-electron chi connectivity index (χ1n) is 8.96. The van der Waals surface area contributed by atoms with Crippen LogP contribution in [0.2, 0.25) is 0 Å². The van der Waals surface area contributed by atoms with E-state index in [9.17, 15) is 9.59 Å². The van der Waals surface area contributed by atoms with E-state index in [0.717, 1.165) is 45.3 Å². The Morgan fingerprint density at radius 2 is 1.91 bits per heavy atom. The third-order valence-corrected chi connectivity index (χ3v) is 4.07. The molecule has 6 heteroatoms. The molecule has 134 valence electrons. The molecule has 1 aliphatic rings. The molecule has 0 radical (unpaired) electrons. The van der Waals surface area contributed by atoms with Gasteiger partial charge < -0.3 is 10.1 Å². The summed E-state index contributed by atoms with van der Waals surface area (Å²) in [6.45, 7) is 11.3. The Kier molecular flexibility index (Phi) is 8.99. The van der Waals surface area contributed by atoms with E-state index in [4.69, 9.17) is 4.74 Å².